The van der Waals surface area contributed by atoms with Crippen LogP contribution in [0, 0.1) is 17.8 Å². The number of nitrogens with one attached hydrogen (secondary N) is 9. The molecule has 2 aliphatic heterocycles. The van der Waals surface area contributed by atoms with Gasteiger partial charge < -0.3 is 48.3 Å². The van der Waals surface area contributed by atoms with E-state index in [1.54, 1.807) is 13.8 Å². The fraction of sp³-hybridized carbons (Fsp3) is 0.743. The average Bonchev–Trinajstić information content (AvgIpc) is 3.70. The number of unbranched alkanes of at least 4 members (excludes halogenated alkanes) is 2. The molecule has 0 aromatic carbocycles. The molecule has 2 saturated heterocycles. The van der Waals surface area contributed by atoms with Crippen LogP contribution in [0.15, 0.2) is 0 Å². The van der Waals surface area contributed by atoms with Gasteiger partial charge in [0.2, 0.25) is 47.3 Å². The second kappa shape index (κ2) is 24.8. The highest BCUT2D eigenvalue weighted by Gasteiger charge is 2.42. The number of nitrogens with two attached hydrogens (primary N) is 1. The van der Waals surface area contributed by atoms with E-state index < -0.39 is 79.0 Å². The highest BCUT2D eigenvalue weighted by Crippen LogP contribution is 2.33. The first kappa shape index (κ1) is 47.5. The molecule has 21 heteroatoms. The second-order valence-corrected chi connectivity index (χ2v) is 16.1. The number of amides is 10. The zero-order valence-corrected chi connectivity index (χ0v) is 33.4. The Morgan fingerprint density at radius 3 is 2.07 bits per heavy atom. The smallest absolute Gasteiger partial charge is 0.315 e. The first-order valence-corrected chi connectivity index (χ1v) is 20.1. The Balaban J connectivity index is 1.60. The van der Waals surface area contributed by atoms with E-state index in [-0.39, 0.29) is 48.7 Å². The number of rotatable bonds is 26. The van der Waals surface area contributed by atoms with Crippen molar-refractivity contribution in [3.05, 3.63) is 0 Å². The Hall–Kier alpha value is -4.66. The van der Waals surface area contributed by atoms with Gasteiger partial charge in [0.25, 0.3) is 0 Å². The third-order valence-electron chi connectivity index (χ3n) is 9.25. The molecule has 2 heterocycles. The van der Waals surface area contributed by atoms with Crippen LogP contribution in [0.25, 0.3) is 0 Å². The molecule has 0 saturated carbocycles. The summed E-state index contributed by atoms with van der Waals surface area (Å²) < 4.78 is 0. The van der Waals surface area contributed by atoms with Gasteiger partial charge in [-0.3, -0.25) is 43.6 Å². The zero-order valence-electron chi connectivity index (χ0n) is 32.6. The summed E-state index contributed by atoms with van der Waals surface area (Å²) in [5.41, 5.74) is 6.94. The number of thioether (sulfide) groups is 1. The van der Waals surface area contributed by atoms with Gasteiger partial charge in [0.1, 0.15) is 12.1 Å². The van der Waals surface area contributed by atoms with E-state index in [4.69, 9.17) is 10.9 Å². The molecular formula is C35H60N10O10S. The van der Waals surface area contributed by atoms with Crippen LogP contribution in [-0.2, 0) is 38.4 Å². The molecule has 0 aromatic rings. The first-order valence-electron chi connectivity index (χ1n) is 19.1. The van der Waals surface area contributed by atoms with Crippen molar-refractivity contribution < 1.29 is 48.4 Å². The van der Waals surface area contributed by atoms with Crippen LogP contribution in [0.2, 0.25) is 0 Å². The standard InChI is InChI=1S/C35H60N10O10S/c1-19(2)13-21(14-26(47)45-55)33(52)43-30(20(3)4)34(53)40-16-28(49)38-15-27(48)39-17-29(50)41-22(32(36)51)9-7-8-12-37-25(46)11-6-5-10-24-31-23(18-56-24)42-35(54)44-31/h19-24,30-31,55H,5-18H2,1-4H3,(H2,36,51)(H,37,46)(H,38,49)(H,39,48)(H,40,53)(H,41,50)(H,43,52)(H,45,47)(H2,42,44,54)/t21?,22-,23-,24-,30-,31-/m0/s1. The number of fused-ring (bicyclic) bond motifs is 1. The lowest BCUT2D eigenvalue weighted by molar-refractivity contribution is -0.137. The van der Waals surface area contributed by atoms with Crippen molar-refractivity contribution in [1.29, 1.82) is 0 Å². The van der Waals surface area contributed by atoms with E-state index >= 15 is 0 Å². The average molecular weight is 813 g/mol. The maximum absolute atomic E-state index is 12.9. The van der Waals surface area contributed by atoms with E-state index in [2.05, 4.69) is 42.5 Å². The van der Waals surface area contributed by atoms with Gasteiger partial charge in [0.15, 0.2) is 0 Å². The van der Waals surface area contributed by atoms with Gasteiger partial charge in [-0.25, -0.2) is 10.3 Å². The number of carbonyl (C=O) groups is 9. The van der Waals surface area contributed by atoms with E-state index in [0.29, 0.717) is 37.5 Å². The van der Waals surface area contributed by atoms with Gasteiger partial charge in [0.05, 0.1) is 31.7 Å². The Bertz CT molecular complexity index is 1400. The van der Waals surface area contributed by atoms with Gasteiger partial charge in [-0.05, 0) is 50.4 Å². The Morgan fingerprint density at radius 2 is 1.45 bits per heavy atom. The second-order valence-electron chi connectivity index (χ2n) is 14.8. The molecule has 20 nitrogen and oxygen atoms in total. The Kier molecular flexibility index (Phi) is 21.0. The van der Waals surface area contributed by atoms with Crippen LogP contribution < -0.4 is 53.7 Å². The SMILES string of the molecule is CC(C)CC(CC(=O)NO)C(=O)N[C@H](C(=O)NCC(=O)NCC(=O)NCC(=O)N[C@@H](CCCCNC(=O)CCCC[C@@H]1SC[C@@H]2NC(=O)N[C@@H]21)C(N)=O)C(C)C. The van der Waals surface area contributed by atoms with Crippen LogP contribution in [0.3, 0.4) is 0 Å². The molecule has 10 amide bonds. The van der Waals surface area contributed by atoms with Crippen LogP contribution in [-0.4, -0.2) is 120 Å². The first-order chi connectivity index (χ1) is 26.5. The predicted molar refractivity (Wildman–Crippen MR) is 205 cm³/mol. The topological polar surface area (TPSA) is 308 Å². The summed E-state index contributed by atoms with van der Waals surface area (Å²) in [5.74, 6) is -5.14. The summed E-state index contributed by atoms with van der Waals surface area (Å²) in [6.45, 7) is 5.96. The number of urea groups is 1. The maximum Gasteiger partial charge on any atom is 0.315 e. The lowest BCUT2D eigenvalue weighted by Gasteiger charge is -2.25. The number of carbonyl (C=O) groups excluding carboxylic acids is 9. The molecular weight excluding hydrogens is 753 g/mol. The minimum absolute atomic E-state index is 0.0506. The minimum atomic E-state index is -1.03. The van der Waals surface area contributed by atoms with Crippen LogP contribution in [0.4, 0.5) is 4.79 Å². The quantitative estimate of drug-likeness (QED) is 0.0197. The number of hydroxylamine groups is 1. The molecule has 2 aliphatic rings. The molecule has 2 rings (SSSR count). The molecule has 12 N–H and O–H groups in total. The molecule has 6 atom stereocenters. The fourth-order valence-corrected chi connectivity index (χ4v) is 7.83. The van der Waals surface area contributed by atoms with Crippen molar-refractivity contribution in [3.8, 4) is 0 Å². The minimum Gasteiger partial charge on any atom is -0.368 e. The zero-order chi connectivity index (χ0) is 41.8. The number of hydrogen-bond donors (Lipinski definition) is 11. The van der Waals surface area contributed by atoms with Crippen molar-refractivity contribution in [3.63, 3.8) is 0 Å². The van der Waals surface area contributed by atoms with Gasteiger partial charge in [-0.15, -0.1) is 0 Å². The molecule has 0 spiro atoms. The molecule has 1 unspecified atom stereocenters. The molecule has 0 bridgehead atoms. The number of hydrogen-bond acceptors (Lipinski definition) is 11. The van der Waals surface area contributed by atoms with Gasteiger partial charge in [-0.1, -0.05) is 34.1 Å². The molecule has 56 heavy (non-hydrogen) atoms. The molecule has 0 aliphatic carbocycles. The van der Waals surface area contributed by atoms with Crippen molar-refractivity contribution >= 4 is 65.1 Å². The van der Waals surface area contributed by atoms with E-state index in [1.165, 1.54) is 5.48 Å². The van der Waals surface area contributed by atoms with Crippen LogP contribution >= 0.6 is 11.8 Å². The van der Waals surface area contributed by atoms with Crippen LogP contribution in [0.5, 0.6) is 0 Å². The highest BCUT2D eigenvalue weighted by molar-refractivity contribution is 8.00. The fourth-order valence-electron chi connectivity index (χ4n) is 6.28. The van der Waals surface area contributed by atoms with Gasteiger partial charge >= 0.3 is 6.03 Å². The largest absolute Gasteiger partial charge is 0.368 e. The third kappa shape index (κ3) is 17.9. The van der Waals surface area contributed by atoms with Crippen molar-refractivity contribution in [2.75, 3.05) is 31.9 Å². The molecule has 0 aromatic heterocycles. The maximum atomic E-state index is 12.9. The normalized spacial score (nSPS) is 18.7. The lowest BCUT2D eigenvalue weighted by Crippen LogP contribution is -2.53. The monoisotopic (exact) mass is 812 g/mol. The highest BCUT2D eigenvalue weighted by atomic mass is 32.2. The summed E-state index contributed by atoms with van der Waals surface area (Å²) in [4.78, 5) is 110. The number of primary amides is 1. The molecule has 316 valence electrons. The van der Waals surface area contributed by atoms with E-state index in [9.17, 15) is 43.2 Å². The summed E-state index contributed by atoms with van der Waals surface area (Å²) in [6.07, 6.45) is 4.23. The summed E-state index contributed by atoms with van der Waals surface area (Å²) in [6, 6.07) is -1.83. The van der Waals surface area contributed by atoms with Gasteiger partial charge in [0, 0.05) is 36.3 Å². The van der Waals surface area contributed by atoms with Crippen molar-refractivity contribution in [1.82, 2.24) is 48.0 Å². The molecule has 0 radical (unpaired) electrons. The third-order valence-corrected chi connectivity index (χ3v) is 10.8. The van der Waals surface area contributed by atoms with Crippen molar-refractivity contribution in [2.45, 2.75) is 115 Å². The summed E-state index contributed by atoms with van der Waals surface area (Å²) in [7, 11) is 0. The van der Waals surface area contributed by atoms with Crippen LogP contribution in [0.1, 0.15) is 85.5 Å². The van der Waals surface area contributed by atoms with E-state index in [1.807, 2.05) is 25.6 Å². The summed E-state index contributed by atoms with van der Waals surface area (Å²) >= 11 is 1.84. The van der Waals surface area contributed by atoms with E-state index in [0.717, 1.165) is 25.0 Å². The van der Waals surface area contributed by atoms with Crippen molar-refractivity contribution in [2.24, 2.45) is 23.5 Å². The van der Waals surface area contributed by atoms with Gasteiger partial charge in [-0.2, -0.15) is 11.8 Å². The Morgan fingerprint density at radius 1 is 0.786 bits per heavy atom. The molecule has 2 fully saturated rings. The lowest BCUT2D eigenvalue weighted by atomic mass is 9.92. The Labute approximate surface area is 331 Å². The summed E-state index contributed by atoms with van der Waals surface area (Å²) in [5, 5.41) is 30.0. The predicted octanol–water partition coefficient (Wildman–Crippen LogP) is -1.98.